The van der Waals surface area contributed by atoms with Crippen LogP contribution in [0.15, 0.2) is 22.7 Å². The molecule has 4 heteroatoms. The van der Waals surface area contributed by atoms with Crippen LogP contribution in [0, 0.1) is 0 Å². The third-order valence-corrected chi connectivity index (χ3v) is 4.17. The van der Waals surface area contributed by atoms with E-state index in [4.69, 9.17) is 11.6 Å². The van der Waals surface area contributed by atoms with Gasteiger partial charge < -0.3 is 5.32 Å². The molecule has 1 saturated carbocycles. The number of carbonyl (C=O) groups excluding carboxylic acids is 1. The molecule has 0 aliphatic heterocycles. The molecule has 1 aromatic rings. The molecule has 0 spiro atoms. The Labute approximate surface area is 115 Å². The fraction of sp³-hybridized carbons (Fsp3) is 0.462. The Balaban J connectivity index is 2.14. The van der Waals surface area contributed by atoms with Crippen molar-refractivity contribution in [2.75, 3.05) is 0 Å². The van der Waals surface area contributed by atoms with Gasteiger partial charge in [0, 0.05) is 20.6 Å². The van der Waals surface area contributed by atoms with Gasteiger partial charge in [0.2, 0.25) is 0 Å². The van der Waals surface area contributed by atoms with Crippen LogP contribution in [0.3, 0.4) is 0 Å². The van der Waals surface area contributed by atoms with Gasteiger partial charge in [-0.2, -0.15) is 0 Å². The van der Waals surface area contributed by atoms with Crippen LogP contribution in [0.4, 0.5) is 0 Å². The molecule has 1 amide bonds. The van der Waals surface area contributed by atoms with E-state index in [0.717, 1.165) is 23.7 Å². The fourth-order valence-corrected chi connectivity index (χ4v) is 3.03. The number of carbonyl (C=O) groups is 1. The van der Waals surface area contributed by atoms with Gasteiger partial charge in [-0.25, -0.2) is 0 Å². The topological polar surface area (TPSA) is 29.1 Å². The molecular weight excluding hydrogens is 302 g/mol. The summed E-state index contributed by atoms with van der Waals surface area (Å²) in [5, 5.41) is 3.70. The highest BCUT2D eigenvalue weighted by atomic mass is 79.9. The molecule has 0 aromatic heterocycles. The maximum Gasteiger partial charge on any atom is 0.251 e. The molecule has 1 N–H and O–H groups in total. The standard InChI is InChI=1S/C13H15BrClNO/c1-2-13(4-3-5-13)16-12(17)9-6-10(14)8-11(15)7-9/h6-8H,2-5H2,1H3,(H,16,17). The van der Waals surface area contributed by atoms with Gasteiger partial charge >= 0.3 is 0 Å². The Morgan fingerprint density at radius 1 is 1.47 bits per heavy atom. The average Bonchev–Trinajstić information content (AvgIpc) is 2.21. The van der Waals surface area contributed by atoms with Gasteiger partial charge in [0.1, 0.15) is 0 Å². The second-order valence-electron chi connectivity index (χ2n) is 4.60. The summed E-state index contributed by atoms with van der Waals surface area (Å²) in [6, 6.07) is 5.27. The van der Waals surface area contributed by atoms with Crippen LogP contribution in [0.25, 0.3) is 0 Å². The Bertz CT molecular complexity index is 417. The van der Waals surface area contributed by atoms with Crippen molar-refractivity contribution in [3.05, 3.63) is 33.3 Å². The molecule has 0 atom stereocenters. The summed E-state index contributed by atoms with van der Waals surface area (Å²) in [6.45, 7) is 2.12. The minimum absolute atomic E-state index is 0.0197. The summed E-state index contributed by atoms with van der Waals surface area (Å²) in [5.74, 6) is -0.0326. The van der Waals surface area contributed by atoms with Crippen LogP contribution >= 0.6 is 27.5 Å². The second-order valence-corrected chi connectivity index (χ2v) is 5.95. The Morgan fingerprint density at radius 3 is 2.65 bits per heavy atom. The smallest absolute Gasteiger partial charge is 0.251 e. The lowest BCUT2D eigenvalue weighted by molar-refractivity contribution is 0.0820. The van der Waals surface area contributed by atoms with E-state index < -0.39 is 0 Å². The molecule has 1 aliphatic carbocycles. The predicted molar refractivity (Wildman–Crippen MR) is 73.5 cm³/mol. The maximum atomic E-state index is 12.1. The van der Waals surface area contributed by atoms with Crippen LogP contribution < -0.4 is 5.32 Å². The Kier molecular flexibility index (Phi) is 3.79. The van der Waals surface area contributed by atoms with Crippen molar-refractivity contribution in [3.8, 4) is 0 Å². The first-order valence-electron chi connectivity index (χ1n) is 5.83. The van der Waals surface area contributed by atoms with E-state index in [2.05, 4.69) is 28.2 Å². The number of amides is 1. The van der Waals surface area contributed by atoms with Gasteiger partial charge in [-0.15, -0.1) is 0 Å². The van der Waals surface area contributed by atoms with E-state index >= 15 is 0 Å². The number of nitrogens with one attached hydrogen (secondary N) is 1. The molecule has 0 radical (unpaired) electrons. The molecule has 1 aliphatic rings. The lowest BCUT2D eigenvalue weighted by Gasteiger charge is -2.42. The van der Waals surface area contributed by atoms with Crippen LogP contribution in [0.2, 0.25) is 5.02 Å². The third-order valence-electron chi connectivity index (χ3n) is 3.49. The van der Waals surface area contributed by atoms with E-state index in [1.54, 1.807) is 18.2 Å². The van der Waals surface area contributed by atoms with Gasteiger partial charge in [-0.05, 0) is 43.9 Å². The van der Waals surface area contributed by atoms with Crippen molar-refractivity contribution < 1.29 is 4.79 Å². The number of hydrogen-bond acceptors (Lipinski definition) is 1. The lowest BCUT2D eigenvalue weighted by atomic mass is 9.74. The molecule has 0 unspecified atom stereocenters. The first-order chi connectivity index (χ1) is 8.04. The number of hydrogen-bond donors (Lipinski definition) is 1. The molecule has 0 saturated heterocycles. The normalized spacial score (nSPS) is 17.4. The zero-order valence-corrected chi connectivity index (χ0v) is 12.1. The number of benzene rings is 1. The molecule has 2 rings (SSSR count). The Hall–Kier alpha value is -0.540. The SMILES string of the molecule is CCC1(NC(=O)c2cc(Cl)cc(Br)c2)CCC1. The molecule has 92 valence electrons. The largest absolute Gasteiger partial charge is 0.347 e. The van der Waals surface area contributed by atoms with Gasteiger partial charge in [-0.1, -0.05) is 34.5 Å². The summed E-state index contributed by atoms with van der Waals surface area (Å²) in [7, 11) is 0. The van der Waals surface area contributed by atoms with Gasteiger partial charge in [0.25, 0.3) is 5.91 Å². The van der Waals surface area contributed by atoms with Crippen molar-refractivity contribution in [2.45, 2.75) is 38.1 Å². The van der Waals surface area contributed by atoms with E-state index in [1.165, 1.54) is 6.42 Å². The minimum atomic E-state index is -0.0326. The van der Waals surface area contributed by atoms with E-state index in [0.29, 0.717) is 10.6 Å². The number of rotatable bonds is 3. The summed E-state index contributed by atoms with van der Waals surface area (Å²) in [5.41, 5.74) is 0.635. The summed E-state index contributed by atoms with van der Waals surface area (Å²) in [4.78, 5) is 12.1. The highest BCUT2D eigenvalue weighted by Crippen LogP contribution is 2.35. The molecule has 0 heterocycles. The average molecular weight is 317 g/mol. The van der Waals surface area contributed by atoms with Crippen LogP contribution in [-0.4, -0.2) is 11.4 Å². The van der Waals surface area contributed by atoms with Crippen molar-refractivity contribution in [3.63, 3.8) is 0 Å². The third kappa shape index (κ3) is 2.83. The lowest BCUT2D eigenvalue weighted by Crippen LogP contribution is -2.52. The number of halogens is 2. The van der Waals surface area contributed by atoms with E-state index in [-0.39, 0.29) is 11.4 Å². The van der Waals surface area contributed by atoms with Gasteiger partial charge in [0.15, 0.2) is 0 Å². The van der Waals surface area contributed by atoms with Crippen molar-refractivity contribution in [1.82, 2.24) is 5.32 Å². The predicted octanol–water partition coefficient (Wildman–Crippen LogP) is 4.17. The second kappa shape index (κ2) is 4.99. The van der Waals surface area contributed by atoms with Gasteiger partial charge in [-0.3, -0.25) is 4.79 Å². The van der Waals surface area contributed by atoms with Crippen molar-refractivity contribution >= 4 is 33.4 Å². The van der Waals surface area contributed by atoms with Crippen LogP contribution in [0.1, 0.15) is 43.0 Å². The van der Waals surface area contributed by atoms with E-state index in [9.17, 15) is 4.79 Å². The summed E-state index contributed by atoms with van der Waals surface area (Å²) >= 11 is 9.28. The zero-order valence-electron chi connectivity index (χ0n) is 9.72. The zero-order chi connectivity index (χ0) is 12.5. The summed E-state index contributed by atoms with van der Waals surface area (Å²) in [6.07, 6.45) is 4.35. The van der Waals surface area contributed by atoms with Crippen LogP contribution in [0.5, 0.6) is 0 Å². The fourth-order valence-electron chi connectivity index (χ4n) is 2.17. The molecule has 17 heavy (non-hydrogen) atoms. The van der Waals surface area contributed by atoms with Crippen molar-refractivity contribution in [2.24, 2.45) is 0 Å². The molecule has 2 nitrogen and oxygen atoms in total. The highest BCUT2D eigenvalue weighted by Gasteiger charge is 2.36. The van der Waals surface area contributed by atoms with E-state index in [1.807, 2.05) is 0 Å². The van der Waals surface area contributed by atoms with Gasteiger partial charge in [0.05, 0.1) is 0 Å². The quantitative estimate of drug-likeness (QED) is 0.891. The first-order valence-corrected chi connectivity index (χ1v) is 7.00. The molecular formula is C13H15BrClNO. The molecule has 1 aromatic carbocycles. The maximum absolute atomic E-state index is 12.1. The highest BCUT2D eigenvalue weighted by molar-refractivity contribution is 9.10. The molecule has 1 fully saturated rings. The first kappa shape index (κ1) is 12.9. The Morgan fingerprint density at radius 2 is 2.18 bits per heavy atom. The van der Waals surface area contributed by atoms with Crippen molar-refractivity contribution in [1.29, 1.82) is 0 Å². The monoisotopic (exact) mass is 315 g/mol. The van der Waals surface area contributed by atoms with Crippen LogP contribution in [-0.2, 0) is 0 Å². The molecule has 0 bridgehead atoms. The minimum Gasteiger partial charge on any atom is -0.347 e. The summed E-state index contributed by atoms with van der Waals surface area (Å²) < 4.78 is 0.828.